The summed E-state index contributed by atoms with van der Waals surface area (Å²) < 4.78 is 0. The van der Waals surface area contributed by atoms with Crippen molar-refractivity contribution in [2.24, 2.45) is 86.0 Å². The van der Waals surface area contributed by atoms with Crippen molar-refractivity contribution in [1.82, 2.24) is 5.32 Å². The second-order valence-corrected chi connectivity index (χ2v) is 38.5. The van der Waals surface area contributed by atoms with Crippen molar-refractivity contribution in [3.8, 4) is 0 Å². The Labute approximate surface area is 887 Å². The second-order valence-electron chi connectivity index (χ2n) is 38.5. The highest BCUT2D eigenvalue weighted by atomic mass is 16.4. The summed E-state index contributed by atoms with van der Waals surface area (Å²) in [7, 11) is 0. The Morgan fingerprint density at radius 1 is 0.336 bits per heavy atom. The number of carbonyl (C=O) groups is 20. The molecule has 0 saturated carbocycles. The zero-order valence-electron chi connectivity index (χ0n) is 96.6. The van der Waals surface area contributed by atoms with Crippen molar-refractivity contribution in [2.75, 3.05) is 13.2 Å². The number of carboxylic acid groups (broad SMARTS) is 20. The molecule has 149 heavy (non-hydrogen) atoms. The molecule has 0 amide bonds. The van der Waals surface area contributed by atoms with E-state index in [0.717, 1.165) is 96.4 Å². The zero-order valence-corrected chi connectivity index (χ0v) is 96.6. The zero-order chi connectivity index (χ0) is 123. The molecule has 0 aliphatic carbocycles. The number of hydrogen-bond acceptors (Lipinski definition) is 26. The number of aliphatic hydroxyl groups is 1. The number of aliphatic hydroxyl groups excluding tert-OH is 1. The van der Waals surface area contributed by atoms with Gasteiger partial charge in [0.05, 0.1) is 52.9 Å². The standard InChI is InChI=1S/C8H16O2.C7H14O2.C6H11NO2.C6H12O3.3C6H12O2.3C5H11NO2.4C5H10O2.C4H9NO2.4C4H8O2.C3H6O2/c1-2-3-4-5-6-7-8(9)10;1-2-3-4-5-6-7(8)9;1-4-2-3-7-5(4)6(8)9;1-3-6(2,4-7)5(8)9;1-6(2,3)4-5(7)8;1-4-6(2,3)5(7)8;1-2-3-4-5-6(7)8;1-3-5(2,6)4(7)8;1-3(2)4(6)5(7)8;1-2-3-4(6)5(7)8;1-5(2,3)4(6)7;1-4(2)3-5(6)7;1-3-4(2)5(6)7;1-2-3-4-5(6)7;1-2-3(5)4(6)7;3*1-3(2)4(5)6;1-2-3-4(5)6;1-2-3(4)5/h2-7H2,1H3,(H,9,10);2-6H2,1H3,(H,8,9);4-5,7H,2-3H2,1H3,(H,8,9);7H,3-4H2,1-2H3,(H,8,9);2*4H2,1-3H3,(H,7,8);2-5H2,1H3,(H,7,8);3,6H2,1-2H3,(H,7,8);3-4H,6H2,1-2H3,(H,7,8);4H,2-3,6H2,1H3,(H,7,8);1-3H3,(H,6,7);2*4H,3H2,1-2H3,(H,6,7);2-4H2,1H3,(H,6,7);3H,2,5H2,1H3,(H,6,7);3*3H,1-2H3,(H,5,6);2-3H2,1H3,(H,5,6);2H2,1H3,(H,4,5). The summed E-state index contributed by atoms with van der Waals surface area (Å²) in [6.45, 7) is 61.1. The van der Waals surface area contributed by atoms with Crippen LogP contribution < -0.4 is 28.3 Å². The van der Waals surface area contributed by atoms with E-state index >= 15 is 0 Å². The molecule has 1 saturated heterocycles. The molecule has 1 aliphatic heterocycles. The van der Waals surface area contributed by atoms with E-state index < -0.39 is 159 Å². The molecule has 892 valence electrons. The van der Waals surface area contributed by atoms with Gasteiger partial charge in [-0.15, -0.1) is 0 Å². The summed E-state index contributed by atoms with van der Waals surface area (Å²) >= 11 is 0. The fourth-order valence-corrected chi connectivity index (χ4v) is 6.32. The van der Waals surface area contributed by atoms with Crippen LogP contribution in [0.15, 0.2) is 0 Å². The Hall–Kier alpha value is -10.8. The van der Waals surface area contributed by atoms with E-state index in [1.807, 2.05) is 76.2 Å². The van der Waals surface area contributed by atoms with Gasteiger partial charge in [-0.05, 0) is 155 Å². The molecular weight excluding hydrogens is 1960 g/mol. The predicted molar refractivity (Wildman–Crippen MR) is 573 cm³/mol. The van der Waals surface area contributed by atoms with Gasteiger partial charge in [0.1, 0.15) is 29.7 Å². The normalized spacial score (nSPS) is 12.8. The van der Waals surface area contributed by atoms with Crippen LogP contribution in [0.5, 0.6) is 0 Å². The van der Waals surface area contributed by atoms with Crippen LogP contribution >= 0.6 is 0 Å². The third kappa shape index (κ3) is 192. The summed E-state index contributed by atoms with van der Waals surface area (Å²) in [5.74, 6) is -15.7. The van der Waals surface area contributed by atoms with Gasteiger partial charge in [0, 0.05) is 44.9 Å². The van der Waals surface area contributed by atoms with Crippen LogP contribution in [0.25, 0.3) is 0 Å². The maximum atomic E-state index is 10.3. The van der Waals surface area contributed by atoms with E-state index in [4.69, 9.17) is 130 Å². The number of carboxylic acids is 20. The molecule has 46 nitrogen and oxygen atoms in total. The Morgan fingerprint density at radius 2 is 0.644 bits per heavy atom. The first kappa shape index (κ1) is 183. The van der Waals surface area contributed by atoms with Gasteiger partial charge in [0.2, 0.25) is 0 Å². The molecule has 0 aromatic carbocycles. The topological polar surface area (TPSA) is 882 Å². The van der Waals surface area contributed by atoms with Crippen molar-refractivity contribution >= 4 is 119 Å². The van der Waals surface area contributed by atoms with Crippen LogP contribution in [0.3, 0.4) is 0 Å². The molecule has 0 aromatic rings. The third-order valence-corrected chi connectivity index (χ3v) is 18.5. The smallest absolute Gasteiger partial charge is 0.323 e. The Balaban J connectivity index is -0.0000000704. The van der Waals surface area contributed by atoms with Gasteiger partial charge in [-0.1, -0.05) is 258 Å². The Kier molecular flexibility index (Phi) is 146. The minimum Gasteiger partial charge on any atom is -0.481 e. The first-order chi connectivity index (χ1) is 67.4. The van der Waals surface area contributed by atoms with Crippen molar-refractivity contribution in [3.63, 3.8) is 0 Å². The van der Waals surface area contributed by atoms with Gasteiger partial charge < -0.3 is 135 Å². The summed E-state index contributed by atoms with van der Waals surface area (Å²) in [4.78, 5) is 198. The van der Waals surface area contributed by atoms with Crippen molar-refractivity contribution in [3.05, 3.63) is 0 Å². The average Bonchev–Trinajstić information content (AvgIpc) is 1.88. The van der Waals surface area contributed by atoms with Crippen molar-refractivity contribution in [1.29, 1.82) is 0 Å². The van der Waals surface area contributed by atoms with Crippen LogP contribution in [-0.4, -0.2) is 269 Å². The van der Waals surface area contributed by atoms with E-state index in [-0.39, 0.29) is 72.8 Å². The maximum absolute atomic E-state index is 10.3. The second kappa shape index (κ2) is 119. The largest absolute Gasteiger partial charge is 0.481 e. The SMILES string of the molecule is CC(C)(C)C(=O)O.CC(C)(C)CC(=O)O.CC(C)C(=O)O.CC(C)C(=O)O.CC(C)C(=O)O.CC(C)C(N)C(=O)O.CC(C)CC(=O)O.CC1CCNC1C(=O)O.CCC(=O)O.CCC(C)(C)C(=O)O.CCC(C)(CO)C(=O)O.CCC(C)(N)C(=O)O.CCC(C)C(=O)O.CCC(N)C(=O)O.CCCC(=O)O.CCCC(N)C(=O)O.CCCCC(=O)O.CCCCCC(=O)O.CCCCCCC(=O)O.CCCCCCCC(=O)O. The minimum atomic E-state index is -1.04. The summed E-state index contributed by atoms with van der Waals surface area (Å²) in [6.07, 6.45) is 22.8. The number of nitrogens with one attached hydrogen (secondary N) is 1. The van der Waals surface area contributed by atoms with Crippen molar-refractivity contribution in [2.45, 2.75) is 464 Å². The average molecular weight is 2170 g/mol. The van der Waals surface area contributed by atoms with E-state index in [2.05, 4.69) is 26.1 Å². The van der Waals surface area contributed by atoms with Gasteiger partial charge >= 0.3 is 119 Å². The summed E-state index contributed by atoms with van der Waals surface area (Å²) in [6, 6.07) is -2.36. The fraction of sp³-hybridized carbons (Fsp3) is 0.806. The predicted octanol–water partition coefficient (Wildman–Crippen LogP) is 18.1. The van der Waals surface area contributed by atoms with Gasteiger partial charge in [-0.3, -0.25) is 95.9 Å². The molecule has 46 heteroatoms. The number of rotatable bonds is 44. The van der Waals surface area contributed by atoms with Gasteiger partial charge in [-0.2, -0.15) is 0 Å². The molecule has 1 aliphatic rings. The number of nitrogens with two attached hydrogens (primary N) is 4. The third-order valence-electron chi connectivity index (χ3n) is 18.5. The molecule has 30 N–H and O–H groups in total. The van der Waals surface area contributed by atoms with Gasteiger partial charge in [0.15, 0.2) is 0 Å². The molecule has 1 heterocycles. The molecule has 1 rings (SSSR count). The van der Waals surface area contributed by atoms with Crippen molar-refractivity contribution < 1.29 is 203 Å². The Morgan fingerprint density at radius 3 is 0.725 bits per heavy atom. The lowest BCUT2D eigenvalue weighted by atomic mass is 9.89. The summed E-state index contributed by atoms with van der Waals surface area (Å²) in [5, 5.41) is 175. The van der Waals surface area contributed by atoms with Crippen LogP contribution in [0.2, 0.25) is 0 Å². The van der Waals surface area contributed by atoms with E-state index in [1.165, 1.54) is 39.5 Å². The number of unbranched alkanes of at least 4 members (excludes halogenated alkanes) is 10. The molecule has 8 unspecified atom stereocenters. The quantitative estimate of drug-likeness (QED) is 0.0252. The number of aliphatic carboxylic acids is 20. The lowest BCUT2D eigenvalue weighted by Gasteiger charge is -2.18. The monoisotopic (exact) mass is 2170 g/mol. The molecule has 0 bridgehead atoms. The fourth-order valence-electron chi connectivity index (χ4n) is 6.32. The van der Waals surface area contributed by atoms with E-state index in [1.54, 1.807) is 125 Å². The molecule has 1 fully saturated rings. The lowest BCUT2D eigenvalue weighted by Crippen LogP contribution is -2.43. The minimum absolute atomic E-state index is 0.0208. The molecule has 0 aromatic heterocycles. The highest BCUT2D eigenvalue weighted by Gasteiger charge is 2.31. The molecule has 0 spiro atoms. The first-order valence-electron chi connectivity index (χ1n) is 50.3. The highest BCUT2D eigenvalue weighted by molar-refractivity contribution is 5.78. The van der Waals surface area contributed by atoms with Crippen LogP contribution in [-0.2, 0) is 95.9 Å². The van der Waals surface area contributed by atoms with Gasteiger partial charge in [0.25, 0.3) is 0 Å². The van der Waals surface area contributed by atoms with Crippen LogP contribution in [0.1, 0.15) is 434 Å². The van der Waals surface area contributed by atoms with Crippen LogP contribution in [0.4, 0.5) is 0 Å². The van der Waals surface area contributed by atoms with Gasteiger partial charge in [-0.25, -0.2) is 0 Å². The van der Waals surface area contributed by atoms with Crippen LogP contribution in [0, 0.1) is 63.1 Å². The summed E-state index contributed by atoms with van der Waals surface area (Å²) in [5.41, 5.74) is 17.4. The maximum Gasteiger partial charge on any atom is 0.323 e. The van der Waals surface area contributed by atoms with E-state index in [9.17, 15) is 95.9 Å². The molecular formula is C103H209N5O41. The lowest BCUT2D eigenvalue weighted by molar-refractivity contribution is -0.151. The molecule has 0 radical (unpaired) electrons. The first-order valence-corrected chi connectivity index (χ1v) is 50.3. The van der Waals surface area contributed by atoms with E-state index in [0.29, 0.717) is 70.1 Å². The number of hydrogen-bond donors (Lipinski definition) is 26. The Bertz CT molecular complexity index is 3310. The highest BCUT2D eigenvalue weighted by Crippen LogP contribution is 2.21. The molecule has 8 atom stereocenters.